The van der Waals surface area contributed by atoms with Gasteiger partial charge in [-0.1, -0.05) is 35.9 Å². The molecule has 200 valence electrons. The number of nitrogens with one attached hydrogen (secondary N) is 1. The minimum absolute atomic E-state index is 0.0682. The molecule has 1 N–H and O–H groups in total. The van der Waals surface area contributed by atoms with Gasteiger partial charge in [0, 0.05) is 24.1 Å². The smallest absolute Gasteiger partial charge is 0.405 e. The van der Waals surface area contributed by atoms with Gasteiger partial charge in [0.25, 0.3) is 0 Å². The number of fused-ring (bicyclic) bond motifs is 1. The summed E-state index contributed by atoms with van der Waals surface area (Å²) in [5.41, 5.74) is -0.320. The van der Waals surface area contributed by atoms with Crippen molar-refractivity contribution in [2.24, 2.45) is 0 Å². The van der Waals surface area contributed by atoms with Crippen molar-refractivity contribution in [1.82, 2.24) is 19.9 Å². The molecule has 0 aliphatic carbocycles. The van der Waals surface area contributed by atoms with Crippen LogP contribution in [0.4, 0.5) is 27.8 Å². The number of hydrogen-bond donors (Lipinski definition) is 1. The quantitative estimate of drug-likeness (QED) is 0.144. The molecule has 0 atom stereocenters. The molecule has 4 rings (SSSR count). The van der Waals surface area contributed by atoms with Crippen LogP contribution in [0.1, 0.15) is 6.42 Å². The van der Waals surface area contributed by atoms with Gasteiger partial charge in [-0.15, -0.1) is 0 Å². The lowest BCUT2D eigenvalue weighted by Crippen LogP contribution is -2.22. The first-order valence-electron chi connectivity index (χ1n) is 11.5. The van der Waals surface area contributed by atoms with E-state index in [1.165, 1.54) is 0 Å². The predicted octanol–water partition coefficient (Wildman–Crippen LogP) is 6.60. The Morgan fingerprint density at radius 2 is 1.66 bits per heavy atom. The van der Waals surface area contributed by atoms with Crippen LogP contribution in [0.15, 0.2) is 48.5 Å². The Balaban J connectivity index is 1.75. The lowest BCUT2D eigenvalue weighted by atomic mass is 10.1. The number of hydrogen-bond acceptors (Lipinski definition) is 6. The molecule has 0 amide bonds. The first-order valence-corrected chi connectivity index (χ1v) is 11.9. The highest BCUT2D eigenvalue weighted by molar-refractivity contribution is 6.32. The zero-order valence-corrected chi connectivity index (χ0v) is 21.2. The fraction of sp³-hybridized carbons (Fsp3) is 0.269. The van der Waals surface area contributed by atoms with Crippen molar-refractivity contribution in [3.05, 3.63) is 65.3 Å². The highest BCUT2D eigenvalue weighted by Crippen LogP contribution is 2.39. The molecule has 0 bridgehead atoms. The second-order valence-corrected chi connectivity index (χ2v) is 9.04. The van der Waals surface area contributed by atoms with Crippen LogP contribution in [0.25, 0.3) is 33.5 Å². The van der Waals surface area contributed by atoms with E-state index in [4.69, 9.17) is 16.3 Å². The first-order chi connectivity index (χ1) is 18.0. The predicted molar refractivity (Wildman–Crippen MR) is 136 cm³/mol. The molecule has 4 aromatic rings. The molecule has 0 unspecified atom stereocenters. The average Bonchev–Trinajstić information content (AvgIpc) is 2.85. The Labute approximate surface area is 220 Å². The van der Waals surface area contributed by atoms with E-state index in [0.29, 0.717) is 18.5 Å². The molecule has 2 aromatic heterocycles. The van der Waals surface area contributed by atoms with Crippen LogP contribution in [0.2, 0.25) is 5.15 Å². The number of aromatic nitrogens is 3. The standard InChI is InChI=1S/C26H23ClF5N5O/c1-37(2)10-5-11-38-16-12-17(28)21(18(29)13-16)22-23(27)35-24(36-25(22)33-14-26(30,31)32)20-9-8-15-6-3-4-7-19(15)34-20/h3-4,6-9,12-13H,5,10-11,14H2,1-2H3,(H,33,35,36). The molecule has 0 spiro atoms. The monoisotopic (exact) mass is 551 g/mol. The number of alkyl halides is 3. The topological polar surface area (TPSA) is 63.2 Å². The van der Waals surface area contributed by atoms with Crippen LogP contribution in [-0.4, -0.2) is 59.8 Å². The number of nitrogens with zero attached hydrogens (tertiary/aromatic N) is 4. The van der Waals surface area contributed by atoms with Crippen LogP contribution < -0.4 is 10.1 Å². The largest absolute Gasteiger partial charge is 0.493 e. The van der Waals surface area contributed by atoms with E-state index in [1.54, 1.807) is 24.3 Å². The summed E-state index contributed by atoms with van der Waals surface area (Å²) in [6.07, 6.45) is -4.02. The summed E-state index contributed by atoms with van der Waals surface area (Å²) in [4.78, 5) is 14.6. The van der Waals surface area contributed by atoms with Crippen LogP contribution in [-0.2, 0) is 0 Å². The molecule has 0 aliphatic heterocycles. The number of benzene rings is 2. The maximum Gasteiger partial charge on any atom is 0.405 e. The highest BCUT2D eigenvalue weighted by Gasteiger charge is 2.30. The zero-order valence-electron chi connectivity index (χ0n) is 20.4. The number of ether oxygens (including phenoxy) is 1. The van der Waals surface area contributed by atoms with Gasteiger partial charge in [-0.3, -0.25) is 0 Å². The second-order valence-electron chi connectivity index (χ2n) is 8.69. The van der Waals surface area contributed by atoms with Crippen molar-refractivity contribution in [2.45, 2.75) is 12.6 Å². The maximum absolute atomic E-state index is 15.2. The van der Waals surface area contributed by atoms with Crippen molar-refractivity contribution >= 4 is 28.3 Å². The summed E-state index contributed by atoms with van der Waals surface area (Å²) in [5.74, 6) is -2.86. The van der Waals surface area contributed by atoms with Gasteiger partial charge in [0.05, 0.1) is 23.3 Å². The van der Waals surface area contributed by atoms with Crippen molar-refractivity contribution < 1.29 is 26.7 Å². The number of para-hydroxylation sites is 1. The third-order valence-electron chi connectivity index (χ3n) is 5.43. The van der Waals surface area contributed by atoms with E-state index in [9.17, 15) is 13.2 Å². The normalized spacial score (nSPS) is 11.8. The molecule has 0 saturated heterocycles. The van der Waals surface area contributed by atoms with E-state index in [2.05, 4.69) is 20.3 Å². The summed E-state index contributed by atoms with van der Waals surface area (Å²) in [7, 11) is 3.76. The van der Waals surface area contributed by atoms with E-state index in [1.807, 2.05) is 31.1 Å². The maximum atomic E-state index is 15.2. The van der Waals surface area contributed by atoms with Gasteiger partial charge in [-0.25, -0.2) is 23.7 Å². The lowest BCUT2D eigenvalue weighted by Gasteiger charge is -2.17. The van der Waals surface area contributed by atoms with Crippen molar-refractivity contribution in [3.8, 4) is 28.4 Å². The average molecular weight is 552 g/mol. The Morgan fingerprint density at radius 3 is 2.34 bits per heavy atom. The Morgan fingerprint density at radius 1 is 0.947 bits per heavy atom. The molecule has 38 heavy (non-hydrogen) atoms. The van der Waals surface area contributed by atoms with E-state index >= 15 is 8.78 Å². The van der Waals surface area contributed by atoms with Crippen molar-refractivity contribution in [2.75, 3.05) is 39.1 Å². The number of pyridine rings is 1. The van der Waals surface area contributed by atoms with Gasteiger partial charge in [-0.05, 0) is 32.6 Å². The molecular weight excluding hydrogens is 529 g/mol. The molecule has 6 nitrogen and oxygen atoms in total. The number of rotatable bonds is 9. The summed E-state index contributed by atoms with van der Waals surface area (Å²) >= 11 is 6.33. The van der Waals surface area contributed by atoms with Gasteiger partial charge in [0.1, 0.15) is 40.6 Å². The van der Waals surface area contributed by atoms with Crippen LogP contribution in [0.3, 0.4) is 0 Å². The SMILES string of the molecule is CN(C)CCCOc1cc(F)c(-c2c(Cl)nc(-c3ccc4ccccc4n3)nc2NCC(F)(F)F)c(F)c1. The second kappa shape index (κ2) is 11.4. The van der Waals surface area contributed by atoms with Gasteiger partial charge in [-0.2, -0.15) is 13.2 Å². The fourth-order valence-corrected chi connectivity index (χ4v) is 3.98. The van der Waals surface area contributed by atoms with Gasteiger partial charge >= 0.3 is 6.18 Å². The fourth-order valence-electron chi connectivity index (χ4n) is 3.71. The summed E-state index contributed by atoms with van der Waals surface area (Å²) in [6, 6.07) is 12.4. The number of anilines is 1. The molecule has 0 saturated carbocycles. The molecule has 12 heteroatoms. The minimum atomic E-state index is -4.64. The summed E-state index contributed by atoms with van der Waals surface area (Å²) < 4.78 is 74.9. The Kier molecular flexibility index (Phi) is 8.27. The Hall–Kier alpha value is -3.57. The molecular formula is C26H23ClF5N5O. The molecule has 0 radical (unpaired) electrons. The molecule has 0 aliphatic rings. The van der Waals surface area contributed by atoms with Crippen LogP contribution in [0.5, 0.6) is 5.75 Å². The van der Waals surface area contributed by atoms with E-state index in [-0.39, 0.29) is 23.9 Å². The van der Waals surface area contributed by atoms with Crippen molar-refractivity contribution in [3.63, 3.8) is 0 Å². The molecule has 2 heterocycles. The summed E-state index contributed by atoms with van der Waals surface area (Å²) in [6.45, 7) is -0.594. The summed E-state index contributed by atoms with van der Waals surface area (Å²) in [5, 5.41) is 2.47. The first kappa shape index (κ1) is 27.5. The highest BCUT2D eigenvalue weighted by atomic mass is 35.5. The zero-order chi connectivity index (χ0) is 27.4. The van der Waals surface area contributed by atoms with Crippen LogP contribution >= 0.6 is 11.6 Å². The third kappa shape index (κ3) is 6.65. The molecule has 0 fully saturated rings. The third-order valence-corrected chi connectivity index (χ3v) is 5.71. The number of halogens is 6. The van der Waals surface area contributed by atoms with Crippen LogP contribution in [0, 0.1) is 11.6 Å². The van der Waals surface area contributed by atoms with E-state index < -0.39 is 46.5 Å². The molecule has 2 aromatic carbocycles. The van der Waals surface area contributed by atoms with Gasteiger partial charge in [0.2, 0.25) is 0 Å². The van der Waals surface area contributed by atoms with Crippen molar-refractivity contribution in [1.29, 1.82) is 0 Å². The lowest BCUT2D eigenvalue weighted by molar-refractivity contribution is -0.115. The van der Waals surface area contributed by atoms with E-state index in [0.717, 1.165) is 17.5 Å². The van der Waals surface area contributed by atoms with Gasteiger partial charge in [0.15, 0.2) is 5.82 Å². The minimum Gasteiger partial charge on any atom is -0.493 e. The van der Waals surface area contributed by atoms with Gasteiger partial charge < -0.3 is 15.0 Å². The Bertz CT molecular complexity index is 1420.